The molecule has 0 aliphatic heterocycles. The minimum absolute atomic E-state index is 0. The lowest BCUT2D eigenvalue weighted by Crippen LogP contribution is -2.66. The molecule has 0 bridgehead atoms. The molecule has 0 aromatic heterocycles. The zero-order valence-electron chi connectivity index (χ0n) is 16.8. The van der Waals surface area contributed by atoms with Gasteiger partial charge in [-0.05, 0) is 0 Å². The van der Waals surface area contributed by atoms with Crippen molar-refractivity contribution in [3.8, 4) is 0 Å². The highest BCUT2D eigenvalue weighted by Gasteiger charge is 2.56. The maximum Gasteiger partial charge on any atom is 0.265 e. The standard InChI is InChI=1S/C6H16O18P4.4H3N/c7-1-3(21-25(9,10)11)2(8)5(23-27(15,16)17)6(24-28(18,19)20)4(1)22-26(12,13)14;;;;/h1-8H,(H2,9,10,11)(H2,12,13,14)(H2,15,16,17)(H2,18,19,20);4*1H3/t1?,2?,3?,4-,5?,6?;;;;/m0..../s1. The van der Waals surface area contributed by atoms with Crippen LogP contribution in [0.1, 0.15) is 0 Å². The molecule has 32 heavy (non-hydrogen) atoms. The van der Waals surface area contributed by atoms with Crippen LogP contribution in [0.4, 0.5) is 0 Å². The second-order valence-electron chi connectivity index (χ2n) is 5.14. The summed E-state index contributed by atoms with van der Waals surface area (Å²) < 4.78 is 59.2. The van der Waals surface area contributed by atoms with E-state index in [1.807, 2.05) is 0 Å². The Labute approximate surface area is 179 Å². The highest BCUT2D eigenvalue weighted by Crippen LogP contribution is 2.49. The molecule has 1 aliphatic carbocycles. The molecule has 1 rings (SSSR count). The normalized spacial score (nSPS) is 34.9. The molecule has 0 heterocycles. The third-order valence-corrected chi connectivity index (χ3v) is 5.05. The Bertz CT molecular complexity index is 706. The maximum absolute atomic E-state index is 10.9. The van der Waals surface area contributed by atoms with Crippen molar-refractivity contribution in [2.75, 3.05) is 0 Å². The summed E-state index contributed by atoms with van der Waals surface area (Å²) in [5.41, 5.74) is 0. The average Bonchev–Trinajstić information content (AvgIpc) is 2.39. The van der Waals surface area contributed by atoms with E-state index >= 15 is 0 Å². The van der Waals surface area contributed by atoms with Gasteiger partial charge in [0.2, 0.25) is 0 Å². The van der Waals surface area contributed by atoms with Gasteiger partial charge in [0.15, 0.2) is 0 Å². The number of rotatable bonds is 8. The van der Waals surface area contributed by atoms with E-state index in [0.29, 0.717) is 0 Å². The van der Waals surface area contributed by atoms with Crippen molar-refractivity contribution in [2.45, 2.75) is 36.6 Å². The van der Waals surface area contributed by atoms with E-state index in [1.165, 1.54) is 0 Å². The molecule has 1 saturated carbocycles. The van der Waals surface area contributed by atoms with Crippen LogP contribution in [0.2, 0.25) is 0 Å². The first-order valence-corrected chi connectivity index (χ1v) is 12.4. The highest BCUT2D eigenvalue weighted by molar-refractivity contribution is 7.45. The third kappa shape index (κ3) is 13.2. The van der Waals surface area contributed by atoms with E-state index in [4.69, 9.17) is 19.6 Å². The fourth-order valence-electron chi connectivity index (χ4n) is 2.26. The summed E-state index contributed by atoms with van der Waals surface area (Å²) in [5.74, 6) is 0. The van der Waals surface area contributed by atoms with Gasteiger partial charge in [-0.15, -0.1) is 0 Å². The van der Waals surface area contributed by atoms with Gasteiger partial charge < -0.3 is 92.1 Å². The molecule has 22 N–H and O–H groups in total. The number of hydrogen-bond donors (Lipinski definition) is 10. The van der Waals surface area contributed by atoms with Crippen molar-refractivity contribution in [2.24, 2.45) is 0 Å². The van der Waals surface area contributed by atoms with Gasteiger partial charge in [-0.3, -0.25) is 18.3 Å². The van der Waals surface area contributed by atoms with E-state index in [0.717, 1.165) is 0 Å². The molecule has 26 heteroatoms. The highest BCUT2D eigenvalue weighted by atomic mass is 31.2. The van der Waals surface area contributed by atoms with Crippen molar-refractivity contribution in [1.82, 2.24) is 24.6 Å². The van der Waals surface area contributed by atoms with Gasteiger partial charge >= 0.3 is 0 Å². The van der Waals surface area contributed by atoms with E-state index in [1.54, 1.807) is 0 Å². The summed E-state index contributed by atoms with van der Waals surface area (Å²) in [6.07, 6.45) is -16.7. The van der Waals surface area contributed by atoms with Crippen molar-refractivity contribution in [1.29, 1.82) is 0 Å². The molecule has 10 atom stereocenters. The van der Waals surface area contributed by atoms with Crippen molar-refractivity contribution in [3.63, 3.8) is 0 Å². The Hall–Kier alpha value is 0.200. The van der Waals surface area contributed by atoms with Gasteiger partial charge in [0.25, 0.3) is 31.3 Å². The lowest BCUT2D eigenvalue weighted by atomic mass is 9.85. The molecular weight excluding hydrogens is 540 g/mol. The fraction of sp³-hybridized carbons (Fsp3) is 1.00. The van der Waals surface area contributed by atoms with E-state index in [2.05, 4.69) is 18.1 Å². The molecule has 0 aromatic carbocycles. The summed E-state index contributed by atoms with van der Waals surface area (Å²) >= 11 is 0. The molecule has 0 spiro atoms. The molecule has 9 unspecified atom stereocenters. The molecular formula is C6H28N4O18P4. The maximum atomic E-state index is 10.9. The fourth-order valence-corrected chi connectivity index (χ4v) is 4.47. The molecule has 1 aliphatic rings. The zero-order valence-corrected chi connectivity index (χ0v) is 20.4. The van der Waals surface area contributed by atoms with Crippen LogP contribution >= 0.6 is 31.3 Å². The van der Waals surface area contributed by atoms with Gasteiger partial charge in [0.05, 0.1) is 0 Å². The first-order valence-electron chi connectivity index (χ1n) is 6.45. The Morgan fingerprint density at radius 1 is 0.469 bits per heavy atom. The van der Waals surface area contributed by atoms with Crippen LogP contribution in [0.25, 0.3) is 0 Å². The molecule has 0 radical (unpaired) electrons. The number of phosphoric ester groups is 4. The second kappa shape index (κ2) is 13.3. The first-order chi connectivity index (χ1) is 12.2. The van der Waals surface area contributed by atoms with E-state index in [-0.39, 0.29) is 24.6 Å². The van der Waals surface area contributed by atoms with Crippen LogP contribution in [-0.4, -0.2) is 66.4 Å². The third-order valence-electron chi connectivity index (χ3n) is 3.01. The number of phosphoric acid groups is 4. The lowest BCUT2D eigenvalue weighted by molar-refractivity contribution is -0.285. The van der Waals surface area contributed by atoms with Crippen molar-refractivity contribution >= 4 is 31.3 Å². The predicted octanol–water partition coefficient (Wildman–Crippen LogP) is -4.39. The summed E-state index contributed by atoms with van der Waals surface area (Å²) in [7, 11) is -23.6. The van der Waals surface area contributed by atoms with E-state index < -0.39 is 67.9 Å². The largest absolute Gasteiger partial charge is 0.756 e. The molecule has 0 aromatic rings. The van der Waals surface area contributed by atoms with Crippen LogP contribution in [0.15, 0.2) is 0 Å². The Morgan fingerprint density at radius 2 is 0.656 bits per heavy atom. The minimum atomic E-state index is -5.94. The van der Waals surface area contributed by atoms with Crippen molar-refractivity contribution in [3.05, 3.63) is 0 Å². The molecule has 22 nitrogen and oxygen atoms in total. The Morgan fingerprint density at radius 3 is 0.875 bits per heavy atom. The predicted molar refractivity (Wildman–Crippen MR) is 94.7 cm³/mol. The smallest absolute Gasteiger partial charge is 0.265 e. The average molecular weight is 568 g/mol. The van der Waals surface area contributed by atoms with Gasteiger partial charge in [0.1, 0.15) is 36.6 Å². The topological polar surface area (TPSA) is 465 Å². The van der Waals surface area contributed by atoms with Gasteiger partial charge in [-0.1, -0.05) is 0 Å². The molecule has 200 valence electrons. The van der Waals surface area contributed by atoms with Gasteiger partial charge in [-0.25, -0.2) is 0 Å². The van der Waals surface area contributed by atoms with Crippen LogP contribution in [-0.2, 0) is 36.4 Å². The number of aliphatic hydroxyl groups is 2. The number of quaternary nitrogens is 4. The van der Waals surface area contributed by atoms with Crippen LogP contribution in [0.3, 0.4) is 0 Å². The summed E-state index contributed by atoms with van der Waals surface area (Å²) in [5, 5.41) is 19.9. The zero-order chi connectivity index (χ0) is 22.3. The summed E-state index contributed by atoms with van der Waals surface area (Å²) in [6, 6.07) is 0. The summed E-state index contributed by atoms with van der Waals surface area (Å²) in [6.45, 7) is 0. The minimum Gasteiger partial charge on any atom is -0.756 e. The SMILES string of the molecule is O=P([O-])(O)OC1C(O)C(OP(=O)([O-])O)C(OP(=O)([O-])O)[C@@H](OP(=O)([O-])O)C1O.[NH4+].[NH4+].[NH4+].[NH4+]. The first kappa shape index (κ1) is 39.4. The Kier molecular flexibility index (Phi) is 16.4. The van der Waals surface area contributed by atoms with Gasteiger partial charge in [-0.2, -0.15) is 0 Å². The van der Waals surface area contributed by atoms with Crippen LogP contribution in [0, 0.1) is 0 Å². The van der Waals surface area contributed by atoms with Crippen LogP contribution in [0.5, 0.6) is 0 Å². The van der Waals surface area contributed by atoms with Gasteiger partial charge in [0, 0.05) is 0 Å². The van der Waals surface area contributed by atoms with Crippen LogP contribution < -0.4 is 44.2 Å². The summed E-state index contributed by atoms with van der Waals surface area (Å²) in [4.78, 5) is 78.5. The second-order valence-corrected chi connectivity index (χ2v) is 9.73. The monoisotopic (exact) mass is 568 g/mol. The Balaban J connectivity index is -0.000000980. The van der Waals surface area contributed by atoms with E-state index in [9.17, 15) is 48.0 Å². The molecule has 0 saturated heterocycles. The quantitative estimate of drug-likeness (QED) is 0.123. The van der Waals surface area contributed by atoms with Crippen molar-refractivity contribution < 1.29 is 85.7 Å². The lowest BCUT2D eigenvalue weighted by Gasteiger charge is -2.48. The number of aliphatic hydroxyl groups excluding tert-OH is 2. The molecule has 0 amide bonds. The molecule has 1 fully saturated rings. The number of hydrogen-bond acceptors (Lipinski definition) is 14.